The molecule has 1 aromatic carbocycles. The Morgan fingerprint density at radius 2 is 2.05 bits per heavy atom. The van der Waals surface area contributed by atoms with E-state index >= 15 is 0 Å². The molecule has 0 atom stereocenters. The highest BCUT2D eigenvalue weighted by Gasteiger charge is 2.17. The maximum Gasteiger partial charge on any atom is 0.289 e. The van der Waals surface area contributed by atoms with E-state index in [9.17, 15) is 13.6 Å². The van der Waals surface area contributed by atoms with Crippen molar-refractivity contribution in [3.63, 3.8) is 0 Å². The summed E-state index contributed by atoms with van der Waals surface area (Å²) in [6.45, 7) is 0.0310. The number of hydrogen-bond acceptors (Lipinski definition) is 2. The van der Waals surface area contributed by atoms with Gasteiger partial charge in [-0.1, -0.05) is 6.07 Å². The third-order valence-electron chi connectivity index (χ3n) is 2.55. The molecule has 0 aliphatic rings. The van der Waals surface area contributed by atoms with Crippen LogP contribution in [-0.4, -0.2) is 17.9 Å². The fraction of sp³-hybridized carbons (Fsp3) is 0.154. The SMILES string of the molecule is CN(Cc1ccc(F)cc1F)C(=O)c1ccc(Br)o1. The highest BCUT2D eigenvalue weighted by atomic mass is 79.9. The molecule has 0 bridgehead atoms. The minimum atomic E-state index is -0.680. The predicted molar refractivity (Wildman–Crippen MR) is 68.6 cm³/mol. The van der Waals surface area contributed by atoms with Crippen LogP contribution in [0.5, 0.6) is 0 Å². The first-order valence-corrected chi connectivity index (χ1v) is 6.21. The number of rotatable bonds is 3. The van der Waals surface area contributed by atoms with Crippen LogP contribution >= 0.6 is 15.9 Å². The smallest absolute Gasteiger partial charge is 0.289 e. The Hall–Kier alpha value is -1.69. The zero-order valence-corrected chi connectivity index (χ0v) is 11.6. The Morgan fingerprint density at radius 1 is 1.32 bits per heavy atom. The van der Waals surface area contributed by atoms with Gasteiger partial charge in [-0.3, -0.25) is 4.79 Å². The Morgan fingerprint density at radius 3 is 2.63 bits per heavy atom. The molecule has 0 N–H and O–H groups in total. The van der Waals surface area contributed by atoms with Crippen molar-refractivity contribution in [2.75, 3.05) is 7.05 Å². The molecule has 0 saturated carbocycles. The van der Waals surface area contributed by atoms with Crippen LogP contribution in [0.3, 0.4) is 0 Å². The molecule has 0 unspecified atom stereocenters. The summed E-state index contributed by atoms with van der Waals surface area (Å²) in [6, 6.07) is 6.37. The maximum absolute atomic E-state index is 13.5. The lowest BCUT2D eigenvalue weighted by atomic mass is 10.2. The molecule has 3 nitrogen and oxygen atoms in total. The highest BCUT2D eigenvalue weighted by Crippen LogP contribution is 2.17. The van der Waals surface area contributed by atoms with Gasteiger partial charge in [0.25, 0.3) is 5.91 Å². The largest absolute Gasteiger partial charge is 0.444 e. The fourth-order valence-corrected chi connectivity index (χ4v) is 1.90. The van der Waals surface area contributed by atoms with E-state index in [1.165, 1.54) is 24.1 Å². The van der Waals surface area contributed by atoms with Crippen molar-refractivity contribution in [3.05, 3.63) is 58.0 Å². The lowest BCUT2D eigenvalue weighted by molar-refractivity contribution is 0.0751. The summed E-state index contributed by atoms with van der Waals surface area (Å²) in [5, 5.41) is 0. The number of furan rings is 1. The molecule has 100 valence electrons. The molecule has 19 heavy (non-hydrogen) atoms. The third kappa shape index (κ3) is 3.20. The first-order valence-electron chi connectivity index (χ1n) is 5.42. The first kappa shape index (κ1) is 13.7. The Balaban J connectivity index is 2.12. The van der Waals surface area contributed by atoms with Crippen LogP contribution in [0, 0.1) is 11.6 Å². The van der Waals surface area contributed by atoms with Crippen LogP contribution in [0.4, 0.5) is 8.78 Å². The monoisotopic (exact) mass is 329 g/mol. The molecular formula is C13H10BrF2NO2. The molecule has 0 fully saturated rings. The molecule has 1 aromatic heterocycles. The van der Waals surface area contributed by atoms with Crippen LogP contribution in [0.25, 0.3) is 0 Å². The van der Waals surface area contributed by atoms with Crippen molar-refractivity contribution in [1.82, 2.24) is 4.90 Å². The van der Waals surface area contributed by atoms with Crippen molar-refractivity contribution in [3.8, 4) is 0 Å². The van der Waals surface area contributed by atoms with Gasteiger partial charge in [-0.2, -0.15) is 0 Å². The average molecular weight is 330 g/mol. The molecule has 2 rings (SSSR count). The molecule has 0 aliphatic carbocycles. The van der Waals surface area contributed by atoms with Crippen LogP contribution in [0.15, 0.2) is 39.4 Å². The number of halogens is 3. The van der Waals surface area contributed by atoms with Crippen LogP contribution in [0.2, 0.25) is 0 Å². The summed E-state index contributed by atoms with van der Waals surface area (Å²) < 4.78 is 31.8. The summed E-state index contributed by atoms with van der Waals surface area (Å²) >= 11 is 3.10. The van der Waals surface area contributed by atoms with Crippen LogP contribution in [0.1, 0.15) is 16.1 Å². The number of carbonyl (C=O) groups is 1. The van der Waals surface area contributed by atoms with Gasteiger partial charge in [0.05, 0.1) is 0 Å². The van der Waals surface area contributed by atoms with Crippen molar-refractivity contribution in [2.45, 2.75) is 6.54 Å². The highest BCUT2D eigenvalue weighted by molar-refractivity contribution is 9.10. The maximum atomic E-state index is 13.5. The zero-order valence-electron chi connectivity index (χ0n) is 9.99. The van der Waals surface area contributed by atoms with E-state index in [4.69, 9.17) is 4.42 Å². The summed E-state index contributed by atoms with van der Waals surface area (Å²) in [6.07, 6.45) is 0. The second-order valence-electron chi connectivity index (χ2n) is 4.00. The number of nitrogens with zero attached hydrogens (tertiary/aromatic N) is 1. The fourth-order valence-electron chi connectivity index (χ4n) is 1.59. The van der Waals surface area contributed by atoms with E-state index in [1.807, 2.05) is 0 Å². The van der Waals surface area contributed by atoms with E-state index in [1.54, 1.807) is 6.07 Å². The van der Waals surface area contributed by atoms with Gasteiger partial charge in [-0.05, 0) is 34.1 Å². The number of hydrogen-bond donors (Lipinski definition) is 0. The van der Waals surface area contributed by atoms with Gasteiger partial charge in [0.2, 0.25) is 0 Å². The number of benzene rings is 1. The predicted octanol–water partition coefficient (Wildman–Crippen LogP) is 3.59. The normalized spacial score (nSPS) is 10.5. The van der Waals surface area contributed by atoms with Crippen LogP contribution in [-0.2, 0) is 6.54 Å². The van der Waals surface area contributed by atoms with Crippen LogP contribution < -0.4 is 0 Å². The van der Waals surface area contributed by atoms with E-state index in [0.29, 0.717) is 4.67 Å². The zero-order chi connectivity index (χ0) is 14.0. The van der Waals surface area contributed by atoms with Crippen molar-refractivity contribution >= 4 is 21.8 Å². The Labute approximate surface area is 116 Å². The van der Waals surface area contributed by atoms with E-state index in [2.05, 4.69) is 15.9 Å². The molecule has 0 radical (unpaired) electrons. The minimum absolute atomic E-state index is 0.0310. The lowest BCUT2D eigenvalue weighted by Crippen LogP contribution is -2.26. The third-order valence-corrected chi connectivity index (χ3v) is 2.98. The molecule has 0 spiro atoms. The molecule has 6 heteroatoms. The summed E-state index contributed by atoms with van der Waals surface area (Å²) in [5.41, 5.74) is 0.239. The second-order valence-corrected chi connectivity index (χ2v) is 4.78. The van der Waals surface area contributed by atoms with Gasteiger partial charge in [-0.25, -0.2) is 8.78 Å². The molecule has 2 aromatic rings. The quantitative estimate of drug-likeness (QED) is 0.862. The Kier molecular flexibility index (Phi) is 3.99. The van der Waals surface area contributed by atoms with Gasteiger partial charge in [-0.15, -0.1) is 0 Å². The van der Waals surface area contributed by atoms with Crippen molar-refractivity contribution < 1.29 is 18.0 Å². The second kappa shape index (κ2) is 5.52. The van der Waals surface area contributed by atoms with E-state index in [-0.39, 0.29) is 23.8 Å². The minimum Gasteiger partial charge on any atom is -0.444 e. The van der Waals surface area contributed by atoms with Gasteiger partial charge in [0, 0.05) is 25.2 Å². The topological polar surface area (TPSA) is 33.5 Å². The van der Waals surface area contributed by atoms with Crippen molar-refractivity contribution in [2.24, 2.45) is 0 Å². The van der Waals surface area contributed by atoms with Gasteiger partial charge in [0.15, 0.2) is 10.4 Å². The molecule has 0 saturated heterocycles. The van der Waals surface area contributed by atoms with Gasteiger partial charge in [0.1, 0.15) is 11.6 Å². The number of amides is 1. The summed E-state index contributed by atoms with van der Waals surface area (Å²) in [7, 11) is 1.52. The summed E-state index contributed by atoms with van der Waals surface area (Å²) in [4.78, 5) is 13.2. The molecular weight excluding hydrogens is 320 g/mol. The lowest BCUT2D eigenvalue weighted by Gasteiger charge is -2.16. The van der Waals surface area contributed by atoms with Crippen molar-refractivity contribution in [1.29, 1.82) is 0 Å². The Bertz CT molecular complexity index is 612. The standard InChI is InChI=1S/C13H10BrF2NO2/c1-17(13(18)11-4-5-12(14)19-11)7-8-2-3-9(15)6-10(8)16/h2-6H,7H2,1H3. The van der Waals surface area contributed by atoms with E-state index < -0.39 is 11.6 Å². The molecule has 1 amide bonds. The molecule has 1 heterocycles. The number of carbonyl (C=O) groups excluding carboxylic acids is 1. The summed E-state index contributed by atoms with van der Waals surface area (Å²) in [5.74, 6) is -1.56. The first-order chi connectivity index (χ1) is 8.97. The van der Waals surface area contributed by atoms with Gasteiger partial charge >= 0.3 is 0 Å². The average Bonchev–Trinajstić information content (AvgIpc) is 2.78. The molecule has 0 aliphatic heterocycles. The van der Waals surface area contributed by atoms with Gasteiger partial charge < -0.3 is 9.32 Å². The van der Waals surface area contributed by atoms with E-state index in [0.717, 1.165) is 12.1 Å².